The van der Waals surface area contributed by atoms with Gasteiger partial charge in [0, 0.05) is 16.8 Å². The molecule has 90 valence electrons. The molecule has 0 saturated heterocycles. The lowest BCUT2D eigenvalue weighted by molar-refractivity contribution is -0.274. The fourth-order valence-corrected chi connectivity index (χ4v) is 1.54. The highest BCUT2D eigenvalue weighted by Gasteiger charge is 2.31. The van der Waals surface area contributed by atoms with Gasteiger partial charge in [-0.2, -0.15) is 12.6 Å². The summed E-state index contributed by atoms with van der Waals surface area (Å²) < 4.78 is 39.7. The van der Waals surface area contributed by atoms with E-state index in [0.29, 0.717) is 11.3 Å². The standard InChI is InChI=1S/C9H9ClF3NOS/c10-6-1-5(8(14)4-16)2-7(3-6)15-9(11,12)13/h1-3,8,16H,4,14H2. The first kappa shape index (κ1) is 13.5. The summed E-state index contributed by atoms with van der Waals surface area (Å²) in [6, 6.07) is 3.26. The first-order chi connectivity index (χ1) is 7.31. The molecule has 1 aromatic rings. The van der Waals surface area contributed by atoms with Gasteiger partial charge in [0.2, 0.25) is 0 Å². The Kier molecular flexibility index (Phi) is 4.35. The SMILES string of the molecule is NC(CS)c1cc(Cl)cc(OC(F)(F)F)c1. The molecule has 7 heteroatoms. The summed E-state index contributed by atoms with van der Waals surface area (Å²) >= 11 is 9.60. The molecule has 0 saturated carbocycles. The number of benzene rings is 1. The molecular formula is C9H9ClF3NOS. The highest BCUT2D eigenvalue weighted by Crippen LogP contribution is 2.28. The number of alkyl halides is 3. The quantitative estimate of drug-likeness (QED) is 0.829. The predicted molar refractivity (Wildman–Crippen MR) is 58.9 cm³/mol. The van der Waals surface area contributed by atoms with Crippen LogP contribution in [0.1, 0.15) is 11.6 Å². The third-order valence-corrected chi connectivity index (χ3v) is 2.36. The van der Waals surface area contributed by atoms with Gasteiger partial charge in [0.1, 0.15) is 5.75 Å². The van der Waals surface area contributed by atoms with Crippen molar-refractivity contribution in [2.45, 2.75) is 12.4 Å². The first-order valence-electron chi connectivity index (χ1n) is 4.24. The minimum Gasteiger partial charge on any atom is -0.406 e. The van der Waals surface area contributed by atoms with Crippen LogP contribution in [0.5, 0.6) is 5.75 Å². The molecule has 1 atom stereocenters. The molecule has 2 nitrogen and oxygen atoms in total. The highest BCUT2D eigenvalue weighted by molar-refractivity contribution is 7.80. The lowest BCUT2D eigenvalue weighted by atomic mass is 10.1. The van der Waals surface area contributed by atoms with E-state index in [1.165, 1.54) is 12.1 Å². The van der Waals surface area contributed by atoms with Gasteiger partial charge >= 0.3 is 6.36 Å². The smallest absolute Gasteiger partial charge is 0.406 e. The van der Waals surface area contributed by atoms with E-state index < -0.39 is 12.4 Å². The Balaban J connectivity index is 2.99. The summed E-state index contributed by atoms with van der Waals surface area (Å²) in [7, 11) is 0. The number of halogens is 4. The van der Waals surface area contributed by atoms with Gasteiger partial charge in [-0.25, -0.2) is 0 Å². The second-order valence-corrected chi connectivity index (χ2v) is 3.86. The summed E-state index contributed by atoms with van der Waals surface area (Å²) in [6.07, 6.45) is -4.74. The van der Waals surface area contributed by atoms with Crippen molar-refractivity contribution in [2.75, 3.05) is 5.75 Å². The first-order valence-corrected chi connectivity index (χ1v) is 5.25. The minimum absolute atomic E-state index is 0.133. The van der Waals surface area contributed by atoms with Crippen LogP contribution in [0, 0.1) is 0 Å². The Morgan fingerprint density at radius 2 is 2.00 bits per heavy atom. The number of ether oxygens (including phenoxy) is 1. The molecule has 0 radical (unpaired) electrons. The van der Waals surface area contributed by atoms with Crippen LogP contribution in [-0.4, -0.2) is 12.1 Å². The third kappa shape index (κ3) is 4.11. The average molecular weight is 272 g/mol. The van der Waals surface area contributed by atoms with Crippen LogP contribution in [0.25, 0.3) is 0 Å². The Hall–Kier alpha value is -0.590. The zero-order chi connectivity index (χ0) is 12.3. The molecule has 1 rings (SSSR count). The second kappa shape index (κ2) is 5.16. The van der Waals surface area contributed by atoms with Gasteiger partial charge < -0.3 is 10.5 Å². The van der Waals surface area contributed by atoms with Gasteiger partial charge in [0.25, 0.3) is 0 Å². The Morgan fingerprint density at radius 1 is 1.38 bits per heavy atom. The van der Waals surface area contributed by atoms with Crippen molar-refractivity contribution in [2.24, 2.45) is 5.73 Å². The fraction of sp³-hybridized carbons (Fsp3) is 0.333. The van der Waals surface area contributed by atoms with E-state index in [2.05, 4.69) is 17.4 Å². The third-order valence-electron chi connectivity index (χ3n) is 1.75. The van der Waals surface area contributed by atoms with E-state index in [1.54, 1.807) is 0 Å². The van der Waals surface area contributed by atoms with Crippen LogP contribution in [0.2, 0.25) is 5.02 Å². The molecule has 0 bridgehead atoms. The molecule has 0 aromatic heterocycles. The highest BCUT2D eigenvalue weighted by atomic mass is 35.5. The van der Waals surface area contributed by atoms with Gasteiger partial charge in [0.05, 0.1) is 0 Å². The van der Waals surface area contributed by atoms with Crippen molar-refractivity contribution < 1.29 is 17.9 Å². The molecule has 2 N–H and O–H groups in total. The van der Waals surface area contributed by atoms with Crippen LogP contribution in [0.15, 0.2) is 18.2 Å². The van der Waals surface area contributed by atoms with Gasteiger partial charge in [0.15, 0.2) is 0 Å². The molecule has 0 heterocycles. The Bertz CT molecular complexity index is 372. The number of hydrogen-bond donors (Lipinski definition) is 2. The van der Waals surface area contributed by atoms with Gasteiger partial charge in [-0.3, -0.25) is 0 Å². The van der Waals surface area contributed by atoms with Crippen molar-refractivity contribution in [3.05, 3.63) is 28.8 Å². The van der Waals surface area contributed by atoms with Crippen molar-refractivity contribution in [1.29, 1.82) is 0 Å². The number of nitrogens with two attached hydrogens (primary N) is 1. The van der Waals surface area contributed by atoms with Crippen LogP contribution in [-0.2, 0) is 0 Å². The summed E-state index contributed by atoms with van der Waals surface area (Å²) in [4.78, 5) is 0. The summed E-state index contributed by atoms with van der Waals surface area (Å²) in [5, 5.41) is 0.133. The molecule has 1 unspecified atom stereocenters. The van der Waals surface area contributed by atoms with E-state index >= 15 is 0 Å². The van der Waals surface area contributed by atoms with Crippen molar-refractivity contribution in [1.82, 2.24) is 0 Å². The van der Waals surface area contributed by atoms with E-state index in [0.717, 1.165) is 6.07 Å². The topological polar surface area (TPSA) is 35.2 Å². The van der Waals surface area contributed by atoms with E-state index in [9.17, 15) is 13.2 Å². The average Bonchev–Trinajstić information content (AvgIpc) is 2.12. The normalized spacial score (nSPS) is 13.6. The van der Waals surface area contributed by atoms with Crippen molar-refractivity contribution in [3.8, 4) is 5.75 Å². The number of rotatable bonds is 3. The zero-order valence-electron chi connectivity index (χ0n) is 7.96. The Morgan fingerprint density at radius 3 is 2.50 bits per heavy atom. The second-order valence-electron chi connectivity index (χ2n) is 3.06. The summed E-state index contributed by atoms with van der Waals surface area (Å²) in [5.74, 6) is -0.0848. The molecule has 1 aromatic carbocycles. The molecule has 0 aliphatic carbocycles. The minimum atomic E-state index is -4.74. The van der Waals surface area contributed by atoms with Crippen LogP contribution in [0.4, 0.5) is 13.2 Å². The maximum Gasteiger partial charge on any atom is 0.573 e. The molecular weight excluding hydrogens is 263 g/mol. The summed E-state index contributed by atoms with van der Waals surface area (Å²) in [5.41, 5.74) is 6.07. The van der Waals surface area contributed by atoms with Gasteiger partial charge in [-0.1, -0.05) is 11.6 Å². The Labute approximate surface area is 101 Å². The van der Waals surface area contributed by atoms with E-state index in [4.69, 9.17) is 17.3 Å². The van der Waals surface area contributed by atoms with Crippen LogP contribution >= 0.6 is 24.2 Å². The van der Waals surface area contributed by atoms with Crippen molar-refractivity contribution >= 4 is 24.2 Å². The maximum atomic E-state index is 12.0. The number of hydrogen-bond acceptors (Lipinski definition) is 3. The fourth-order valence-electron chi connectivity index (χ4n) is 1.10. The van der Waals surface area contributed by atoms with Crippen LogP contribution < -0.4 is 10.5 Å². The molecule has 0 fully saturated rings. The van der Waals surface area contributed by atoms with E-state index in [-0.39, 0.29) is 10.8 Å². The van der Waals surface area contributed by atoms with Crippen LogP contribution in [0.3, 0.4) is 0 Å². The number of thiol groups is 1. The van der Waals surface area contributed by atoms with Gasteiger partial charge in [-0.15, -0.1) is 13.2 Å². The van der Waals surface area contributed by atoms with Crippen molar-refractivity contribution in [3.63, 3.8) is 0 Å². The molecule has 0 aliphatic rings. The van der Waals surface area contributed by atoms with Gasteiger partial charge in [-0.05, 0) is 23.8 Å². The molecule has 0 aliphatic heterocycles. The summed E-state index contributed by atoms with van der Waals surface area (Å²) in [6.45, 7) is 0. The molecule has 0 spiro atoms. The maximum absolute atomic E-state index is 12.0. The monoisotopic (exact) mass is 271 g/mol. The van der Waals surface area contributed by atoms with E-state index in [1.807, 2.05) is 0 Å². The lowest BCUT2D eigenvalue weighted by Crippen LogP contribution is -2.18. The lowest BCUT2D eigenvalue weighted by Gasteiger charge is -2.13. The predicted octanol–water partition coefficient (Wildman–Crippen LogP) is 3.17. The molecule has 0 amide bonds. The molecule has 16 heavy (non-hydrogen) atoms. The zero-order valence-corrected chi connectivity index (χ0v) is 9.61. The largest absolute Gasteiger partial charge is 0.573 e.